The highest BCUT2D eigenvalue weighted by Gasteiger charge is 2.32. The van der Waals surface area contributed by atoms with Gasteiger partial charge in [-0.05, 0) is 38.3 Å². The van der Waals surface area contributed by atoms with E-state index >= 15 is 0 Å². The van der Waals surface area contributed by atoms with E-state index < -0.39 is 15.1 Å². The lowest BCUT2D eigenvalue weighted by Gasteiger charge is -2.21. The molecule has 20 heavy (non-hydrogen) atoms. The fourth-order valence-electron chi connectivity index (χ4n) is 2.66. The standard InChI is InChI=1S/C15H21NO3S/c1-12-8-10-13(11-9-12)20(18,19)15-7-5-3-2-4-6-14(15)16-17/h8-11,15,17H,2-7H2,1H3/b16-14+/t15-/m0/s1. The fourth-order valence-corrected chi connectivity index (χ4v) is 4.50. The minimum atomic E-state index is -3.47. The van der Waals surface area contributed by atoms with Gasteiger partial charge in [0.05, 0.1) is 10.6 Å². The Morgan fingerprint density at radius 3 is 2.40 bits per heavy atom. The maximum absolute atomic E-state index is 12.7. The summed E-state index contributed by atoms with van der Waals surface area (Å²) in [6.07, 6.45) is 4.95. The smallest absolute Gasteiger partial charge is 0.186 e. The van der Waals surface area contributed by atoms with Crippen molar-refractivity contribution in [3.8, 4) is 0 Å². The van der Waals surface area contributed by atoms with E-state index in [1.54, 1.807) is 24.3 Å². The van der Waals surface area contributed by atoms with Gasteiger partial charge < -0.3 is 5.21 Å². The van der Waals surface area contributed by atoms with E-state index in [-0.39, 0.29) is 0 Å². The summed E-state index contributed by atoms with van der Waals surface area (Å²) in [6.45, 7) is 1.92. The van der Waals surface area contributed by atoms with Crippen LogP contribution < -0.4 is 0 Å². The Morgan fingerprint density at radius 1 is 1.10 bits per heavy atom. The lowest BCUT2D eigenvalue weighted by Crippen LogP contribution is -2.31. The van der Waals surface area contributed by atoms with Crippen LogP contribution in [-0.2, 0) is 9.84 Å². The lowest BCUT2D eigenvalue weighted by molar-refractivity contribution is 0.315. The first kappa shape index (κ1) is 15.0. The summed E-state index contributed by atoms with van der Waals surface area (Å²) >= 11 is 0. The van der Waals surface area contributed by atoms with Gasteiger partial charge in [0.15, 0.2) is 9.84 Å². The second-order valence-corrected chi connectivity index (χ2v) is 7.52. The fraction of sp³-hybridized carbons (Fsp3) is 0.533. The molecule has 0 saturated heterocycles. The van der Waals surface area contributed by atoms with E-state index in [9.17, 15) is 8.42 Å². The zero-order chi connectivity index (χ0) is 14.6. The van der Waals surface area contributed by atoms with Crippen molar-refractivity contribution in [3.05, 3.63) is 29.8 Å². The van der Waals surface area contributed by atoms with Crippen LogP contribution in [0, 0.1) is 6.92 Å². The Bertz CT molecular complexity index is 576. The molecule has 0 unspecified atom stereocenters. The first-order chi connectivity index (χ1) is 9.55. The topological polar surface area (TPSA) is 66.7 Å². The van der Waals surface area contributed by atoms with E-state index in [1.165, 1.54) is 0 Å². The Hall–Kier alpha value is -1.36. The molecular weight excluding hydrogens is 274 g/mol. The zero-order valence-corrected chi connectivity index (χ0v) is 12.6. The van der Waals surface area contributed by atoms with Gasteiger partial charge >= 0.3 is 0 Å². The number of aryl methyl sites for hydroxylation is 1. The summed E-state index contributed by atoms with van der Waals surface area (Å²) in [4.78, 5) is 0.315. The molecule has 0 heterocycles. The zero-order valence-electron chi connectivity index (χ0n) is 11.7. The summed E-state index contributed by atoms with van der Waals surface area (Å²) in [5.41, 5.74) is 1.43. The van der Waals surface area contributed by atoms with Gasteiger partial charge in [0.1, 0.15) is 5.25 Å². The number of hydrogen-bond donors (Lipinski definition) is 1. The van der Waals surface area contributed by atoms with Crippen LogP contribution >= 0.6 is 0 Å². The maximum Gasteiger partial charge on any atom is 0.186 e. The second kappa shape index (κ2) is 6.39. The van der Waals surface area contributed by atoms with Gasteiger partial charge in [-0.2, -0.15) is 0 Å². The number of hydrogen-bond acceptors (Lipinski definition) is 4. The molecule has 1 N–H and O–H groups in total. The summed E-state index contributed by atoms with van der Waals surface area (Å²) in [7, 11) is -3.47. The number of rotatable bonds is 2. The molecule has 4 nitrogen and oxygen atoms in total. The minimum Gasteiger partial charge on any atom is -0.411 e. The first-order valence-electron chi connectivity index (χ1n) is 7.07. The highest BCUT2D eigenvalue weighted by molar-refractivity contribution is 7.92. The van der Waals surface area contributed by atoms with Crippen molar-refractivity contribution in [2.45, 2.75) is 55.6 Å². The van der Waals surface area contributed by atoms with Gasteiger partial charge in [0.2, 0.25) is 0 Å². The SMILES string of the molecule is Cc1ccc(S(=O)(=O)[C@H]2CCCCCC/C2=N\O)cc1. The Labute approximate surface area is 120 Å². The highest BCUT2D eigenvalue weighted by atomic mass is 32.2. The normalized spacial score (nSPS) is 23.2. The molecule has 1 aliphatic carbocycles. The number of sulfone groups is 1. The molecule has 1 saturated carbocycles. The lowest BCUT2D eigenvalue weighted by atomic mass is 9.99. The highest BCUT2D eigenvalue weighted by Crippen LogP contribution is 2.26. The molecule has 0 radical (unpaired) electrons. The van der Waals surface area contributed by atoms with Gasteiger partial charge in [-0.15, -0.1) is 0 Å². The Morgan fingerprint density at radius 2 is 1.75 bits per heavy atom. The summed E-state index contributed by atoms with van der Waals surface area (Å²) in [5, 5.41) is 11.7. The number of oxime groups is 1. The van der Waals surface area contributed by atoms with Crippen molar-refractivity contribution in [2.75, 3.05) is 0 Å². The van der Waals surface area contributed by atoms with Crippen molar-refractivity contribution >= 4 is 15.5 Å². The predicted molar refractivity (Wildman–Crippen MR) is 79.1 cm³/mol. The molecule has 5 heteroatoms. The Kier molecular flexibility index (Phi) is 4.81. The molecule has 0 spiro atoms. The number of benzene rings is 1. The summed E-state index contributed by atoms with van der Waals surface area (Å²) in [5.74, 6) is 0. The molecular formula is C15H21NO3S. The molecule has 2 rings (SSSR count). The van der Waals surface area contributed by atoms with Crippen molar-refractivity contribution < 1.29 is 13.6 Å². The van der Waals surface area contributed by atoms with E-state index in [0.717, 1.165) is 31.2 Å². The van der Waals surface area contributed by atoms with Crippen LogP contribution in [-0.4, -0.2) is 24.6 Å². The molecule has 0 aromatic heterocycles. The van der Waals surface area contributed by atoms with Crippen LogP contribution in [0.15, 0.2) is 34.3 Å². The van der Waals surface area contributed by atoms with Crippen LogP contribution in [0.4, 0.5) is 0 Å². The average molecular weight is 295 g/mol. The van der Waals surface area contributed by atoms with Gasteiger partial charge in [-0.1, -0.05) is 42.1 Å². The van der Waals surface area contributed by atoms with Crippen molar-refractivity contribution in [1.29, 1.82) is 0 Å². The predicted octanol–water partition coefficient (Wildman–Crippen LogP) is 3.32. The third-order valence-corrected chi connectivity index (χ3v) is 6.06. The van der Waals surface area contributed by atoms with E-state index in [0.29, 0.717) is 23.4 Å². The molecule has 1 aliphatic rings. The molecule has 0 bridgehead atoms. The van der Waals surface area contributed by atoms with Crippen LogP contribution in [0.25, 0.3) is 0 Å². The molecule has 1 aromatic rings. The second-order valence-electron chi connectivity index (χ2n) is 5.39. The largest absolute Gasteiger partial charge is 0.411 e. The van der Waals surface area contributed by atoms with Crippen molar-refractivity contribution in [2.24, 2.45) is 5.16 Å². The van der Waals surface area contributed by atoms with Crippen LogP contribution in [0.3, 0.4) is 0 Å². The summed E-state index contributed by atoms with van der Waals surface area (Å²) < 4.78 is 25.5. The van der Waals surface area contributed by atoms with Gasteiger partial charge in [0, 0.05) is 0 Å². The minimum absolute atomic E-state index is 0.315. The van der Waals surface area contributed by atoms with Crippen molar-refractivity contribution in [1.82, 2.24) is 0 Å². The number of nitrogens with zero attached hydrogens (tertiary/aromatic N) is 1. The van der Waals surface area contributed by atoms with E-state index in [2.05, 4.69) is 5.16 Å². The average Bonchev–Trinajstić information content (AvgIpc) is 2.39. The summed E-state index contributed by atoms with van der Waals surface area (Å²) in [6, 6.07) is 6.87. The Balaban J connectivity index is 2.36. The van der Waals surface area contributed by atoms with E-state index in [1.807, 2.05) is 6.92 Å². The molecule has 1 fully saturated rings. The molecule has 110 valence electrons. The van der Waals surface area contributed by atoms with Gasteiger partial charge in [0.25, 0.3) is 0 Å². The van der Waals surface area contributed by atoms with Crippen molar-refractivity contribution in [3.63, 3.8) is 0 Å². The molecule has 0 aliphatic heterocycles. The molecule has 1 atom stereocenters. The third-order valence-electron chi connectivity index (χ3n) is 3.87. The monoisotopic (exact) mass is 295 g/mol. The molecule has 1 aromatic carbocycles. The van der Waals surface area contributed by atoms with Crippen LogP contribution in [0.1, 0.15) is 44.1 Å². The van der Waals surface area contributed by atoms with Gasteiger partial charge in [-0.25, -0.2) is 8.42 Å². The van der Waals surface area contributed by atoms with Crippen LogP contribution in [0.5, 0.6) is 0 Å². The third kappa shape index (κ3) is 3.20. The molecule has 0 amide bonds. The van der Waals surface area contributed by atoms with E-state index in [4.69, 9.17) is 5.21 Å². The quantitative estimate of drug-likeness (QED) is 0.672. The van der Waals surface area contributed by atoms with Crippen LogP contribution in [0.2, 0.25) is 0 Å². The first-order valence-corrected chi connectivity index (χ1v) is 8.61. The van der Waals surface area contributed by atoms with Gasteiger partial charge in [-0.3, -0.25) is 0 Å². The maximum atomic E-state index is 12.7.